The quantitative estimate of drug-likeness (QED) is 0.814. The second-order valence-electron chi connectivity index (χ2n) is 4.47. The Bertz CT molecular complexity index is 418. The molecule has 3 N–H and O–H groups in total. The molecule has 0 fully saturated rings. The van der Waals surface area contributed by atoms with Crippen LogP contribution >= 0.6 is 12.4 Å². The molecule has 1 aromatic carbocycles. The van der Waals surface area contributed by atoms with Gasteiger partial charge < -0.3 is 15.8 Å². The van der Waals surface area contributed by atoms with Crippen LogP contribution in [0.2, 0.25) is 0 Å². The molecule has 0 heterocycles. The number of nitrogens with one attached hydrogen (secondary N) is 1. The number of amides is 1. The number of carbonyl (C=O) groups excluding carboxylic acids is 1. The van der Waals surface area contributed by atoms with E-state index in [1.165, 1.54) is 0 Å². The Labute approximate surface area is 125 Å². The smallest absolute Gasteiger partial charge is 0.241 e. The molecule has 1 rings (SSSR count). The van der Waals surface area contributed by atoms with Crippen LogP contribution in [0.3, 0.4) is 0 Å². The van der Waals surface area contributed by atoms with Crippen LogP contribution in [0.15, 0.2) is 24.3 Å². The number of ether oxygens (including phenoxy) is 1. The number of nitrogens with two attached hydrogens (primary N) is 1. The predicted molar refractivity (Wildman–Crippen MR) is 81.2 cm³/mol. The molecule has 4 nitrogen and oxygen atoms in total. The van der Waals surface area contributed by atoms with Crippen molar-refractivity contribution in [2.45, 2.75) is 26.3 Å². The lowest BCUT2D eigenvalue weighted by atomic mass is 9.99. The van der Waals surface area contributed by atoms with Crippen LogP contribution in [-0.4, -0.2) is 25.2 Å². The molecule has 6 heteroatoms. The van der Waals surface area contributed by atoms with E-state index in [4.69, 9.17) is 10.5 Å². The molecular weight excluding hydrogens is 283 g/mol. The van der Waals surface area contributed by atoms with E-state index in [0.29, 0.717) is 11.4 Å². The Morgan fingerprint density at radius 2 is 2.20 bits per heavy atom. The maximum Gasteiger partial charge on any atom is 0.241 e. The first-order valence-electron chi connectivity index (χ1n) is 6.43. The maximum atomic E-state index is 12.0. The molecule has 0 aromatic heterocycles. The Balaban J connectivity index is 0.00000361. The standard InChI is InChI=1S/C14H21FN2O2.ClH/c1-3-10(2)13(16)14(18)17-11-5-4-6-12(9-11)19-8-7-15;/h4-6,9-10,13H,3,7-8,16H2,1-2H3,(H,17,18);1H. The highest BCUT2D eigenvalue weighted by Crippen LogP contribution is 2.18. The van der Waals surface area contributed by atoms with E-state index < -0.39 is 12.7 Å². The van der Waals surface area contributed by atoms with E-state index in [0.717, 1.165) is 6.42 Å². The van der Waals surface area contributed by atoms with Gasteiger partial charge in [0.2, 0.25) is 5.91 Å². The van der Waals surface area contributed by atoms with E-state index in [2.05, 4.69) is 5.32 Å². The number of alkyl halides is 1. The second-order valence-corrected chi connectivity index (χ2v) is 4.47. The number of halogens is 2. The molecule has 0 saturated carbocycles. The number of anilines is 1. The highest BCUT2D eigenvalue weighted by molar-refractivity contribution is 5.95. The first-order chi connectivity index (χ1) is 9.08. The Morgan fingerprint density at radius 3 is 2.80 bits per heavy atom. The first-order valence-corrected chi connectivity index (χ1v) is 6.43. The Morgan fingerprint density at radius 1 is 1.50 bits per heavy atom. The fourth-order valence-electron chi connectivity index (χ4n) is 1.56. The Kier molecular flexibility index (Phi) is 8.92. The molecule has 20 heavy (non-hydrogen) atoms. The summed E-state index contributed by atoms with van der Waals surface area (Å²) in [5.41, 5.74) is 6.44. The van der Waals surface area contributed by atoms with Crippen molar-refractivity contribution < 1.29 is 13.9 Å². The van der Waals surface area contributed by atoms with Gasteiger partial charge in [0.05, 0.1) is 6.04 Å². The largest absolute Gasteiger partial charge is 0.491 e. The van der Waals surface area contributed by atoms with Crippen LogP contribution in [0.4, 0.5) is 10.1 Å². The monoisotopic (exact) mass is 304 g/mol. The lowest BCUT2D eigenvalue weighted by molar-refractivity contribution is -0.118. The summed E-state index contributed by atoms with van der Waals surface area (Å²) in [4.78, 5) is 11.9. The van der Waals surface area contributed by atoms with Crippen LogP contribution in [0.1, 0.15) is 20.3 Å². The summed E-state index contributed by atoms with van der Waals surface area (Å²) in [6, 6.07) is 6.29. The number of hydrogen-bond acceptors (Lipinski definition) is 3. The zero-order chi connectivity index (χ0) is 14.3. The van der Waals surface area contributed by atoms with Crippen LogP contribution in [0.25, 0.3) is 0 Å². The summed E-state index contributed by atoms with van der Waals surface area (Å²) in [5.74, 6) is 0.413. The molecule has 0 aliphatic heterocycles. The fraction of sp³-hybridized carbons (Fsp3) is 0.500. The van der Waals surface area contributed by atoms with Crippen molar-refractivity contribution in [3.05, 3.63) is 24.3 Å². The lowest BCUT2D eigenvalue weighted by Crippen LogP contribution is -2.40. The minimum atomic E-state index is -0.546. The molecule has 2 unspecified atom stereocenters. The molecule has 0 radical (unpaired) electrons. The maximum absolute atomic E-state index is 12.0. The van der Waals surface area contributed by atoms with Gasteiger partial charge in [-0.1, -0.05) is 26.3 Å². The van der Waals surface area contributed by atoms with Gasteiger partial charge in [0.25, 0.3) is 0 Å². The second kappa shape index (κ2) is 9.55. The van der Waals surface area contributed by atoms with Gasteiger partial charge in [-0.3, -0.25) is 4.79 Å². The summed E-state index contributed by atoms with van der Waals surface area (Å²) in [7, 11) is 0. The topological polar surface area (TPSA) is 64.4 Å². The molecule has 0 aliphatic carbocycles. The number of carbonyl (C=O) groups is 1. The van der Waals surface area contributed by atoms with Crippen molar-refractivity contribution in [3.63, 3.8) is 0 Å². The van der Waals surface area contributed by atoms with E-state index in [1.54, 1.807) is 24.3 Å². The molecule has 1 aromatic rings. The van der Waals surface area contributed by atoms with Crippen molar-refractivity contribution in [3.8, 4) is 5.75 Å². The third kappa shape index (κ3) is 5.75. The molecule has 0 saturated heterocycles. The summed E-state index contributed by atoms with van der Waals surface area (Å²) in [6.45, 7) is 3.38. The van der Waals surface area contributed by atoms with E-state index in [9.17, 15) is 9.18 Å². The SMILES string of the molecule is CCC(C)C(N)C(=O)Nc1cccc(OCCF)c1.Cl. The first kappa shape index (κ1) is 18.7. The molecular formula is C14H22ClFN2O2. The normalized spacial score (nSPS) is 13.0. The number of hydrogen-bond donors (Lipinski definition) is 2. The molecule has 2 atom stereocenters. The molecule has 1 amide bonds. The zero-order valence-corrected chi connectivity index (χ0v) is 12.6. The molecule has 0 bridgehead atoms. The van der Waals surface area contributed by atoms with Crippen LogP contribution in [-0.2, 0) is 4.79 Å². The molecule has 114 valence electrons. The van der Waals surface area contributed by atoms with Gasteiger partial charge in [-0.25, -0.2) is 4.39 Å². The summed E-state index contributed by atoms with van der Waals surface area (Å²) in [5, 5.41) is 2.74. The average molecular weight is 305 g/mol. The predicted octanol–water partition coefficient (Wildman–Crippen LogP) is 2.77. The minimum Gasteiger partial charge on any atom is -0.491 e. The third-order valence-corrected chi connectivity index (χ3v) is 3.01. The van der Waals surface area contributed by atoms with Gasteiger partial charge in [0, 0.05) is 11.8 Å². The van der Waals surface area contributed by atoms with Gasteiger partial charge in [-0.05, 0) is 18.1 Å². The van der Waals surface area contributed by atoms with Gasteiger partial charge in [0.1, 0.15) is 19.0 Å². The summed E-state index contributed by atoms with van der Waals surface area (Å²) in [6.07, 6.45) is 0.842. The number of rotatable bonds is 7. The van der Waals surface area contributed by atoms with Crippen molar-refractivity contribution in [1.82, 2.24) is 0 Å². The van der Waals surface area contributed by atoms with Gasteiger partial charge in [-0.2, -0.15) is 0 Å². The summed E-state index contributed by atoms with van der Waals surface area (Å²) >= 11 is 0. The molecule has 0 spiro atoms. The van der Waals surface area contributed by atoms with Crippen molar-refractivity contribution >= 4 is 24.0 Å². The van der Waals surface area contributed by atoms with E-state index in [1.807, 2.05) is 13.8 Å². The van der Waals surface area contributed by atoms with Crippen LogP contribution in [0.5, 0.6) is 5.75 Å². The van der Waals surface area contributed by atoms with Crippen molar-refractivity contribution in [1.29, 1.82) is 0 Å². The highest BCUT2D eigenvalue weighted by atomic mass is 35.5. The van der Waals surface area contributed by atoms with Crippen LogP contribution < -0.4 is 15.8 Å². The zero-order valence-electron chi connectivity index (χ0n) is 11.8. The Hall–Kier alpha value is -1.33. The third-order valence-electron chi connectivity index (χ3n) is 3.01. The lowest BCUT2D eigenvalue weighted by Gasteiger charge is -2.18. The van der Waals surface area contributed by atoms with E-state index in [-0.39, 0.29) is 30.8 Å². The highest BCUT2D eigenvalue weighted by Gasteiger charge is 2.19. The van der Waals surface area contributed by atoms with Gasteiger partial charge in [0.15, 0.2) is 0 Å². The van der Waals surface area contributed by atoms with Gasteiger partial charge in [-0.15, -0.1) is 12.4 Å². The fourth-order valence-corrected chi connectivity index (χ4v) is 1.56. The average Bonchev–Trinajstić information content (AvgIpc) is 2.43. The molecule has 0 aliphatic rings. The van der Waals surface area contributed by atoms with Gasteiger partial charge >= 0.3 is 0 Å². The van der Waals surface area contributed by atoms with E-state index >= 15 is 0 Å². The summed E-state index contributed by atoms with van der Waals surface area (Å²) < 4.78 is 17.2. The minimum absolute atomic E-state index is 0. The number of benzene rings is 1. The van der Waals surface area contributed by atoms with Crippen LogP contribution in [0, 0.1) is 5.92 Å². The van der Waals surface area contributed by atoms with Crippen molar-refractivity contribution in [2.24, 2.45) is 11.7 Å². The van der Waals surface area contributed by atoms with Crippen molar-refractivity contribution in [2.75, 3.05) is 18.6 Å².